The minimum absolute atomic E-state index is 0.0302. The summed E-state index contributed by atoms with van der Waals surface area (Å²) in [5, 5.41) is 22.1. The molecule has 7 atom stereocenters. The summed E-state index contributed by atoms with van der Waals surface area (Å²) in [7, 11) is -1.66. The molecular formula is C32H47F5O3S. The van der Waals surface area contributed by atoms with Crippen LogP contribution < -0.4 is 0 Å². The predicted molar refractivity (Wildman–Crippen MR) is 153 cm³/mol. The highest BCUT2D eigenvalue weighted by molar-refractivity contribution is 7.84. The zero-order valence-electron chi connectivity index (χ0n) is 40.3. The number of fused-ring (bicyclic) bond motifs is 5. The summed E-state index contributed by atoms with van der Waals surface area (Å²) in [6, 6.07) is 2.17. The Hall–Kier alpha value is -1.22. The highest BCUT2D eigenvalue weighted by atomic mass is 32.2. The summed E-state index contributed by atoms with van der Waals surface area (Å²) in [6.45, 7) is -4.45. The Bertz CT molecular complexity index is 1800. The number of rotatable bonds is 14. The van der Waals surface area contributed by atoms with Crippen molar-refractivity contribution in [3.8, 4) is 5.75 Å². The molecule has 0 bridgehead atoms. The van der Waals surface area contributed by atoms with E-state index in [4.69, 9.17) is 13.7 Å². The van der Waals surface area contributed by atoms with Crippen LogP contribution in [0.15, 0.2) is 18.2 Å². The third kappa shape index (κ3) is 7.66. The van der Waals surface area contributed by atoms with Gasteiger partial charge in [-0.25, -0.2) is 0 Å². The van der Waals surface area contributed by atoms with Crippen molar-refractivity contribution < 1.29 is 61.0 Å². The topological polar surface area (TPSA) is 57.5 Å². The van der Waals surface area contributed by atoms with Gasteiger partial charge in [-0.1, -0.05) is 51.4 Å². The first kappa shape index (κ1) is 16.2. The van der Waals surface area contributed by atoms with Crippen molar-refractivity contribution >= 4 is 10.8 Å². The molecule has 1 aromatic carbocycles. The second-order valence-corrected chi connectivity index (χ2v) is 12.1. The van der Waals surface area contributed by atoms with E-state index in [-0.39, 0.29) is 30.8 Å². The second kappa shape index (κ2) is 13.6. The second-order valence-electron chi connectivity index (χ2n) is 10.4. The summed E-state index contributed by atoms with van der Waals surface area (Å²) < 4.78 is 240. The molecule has 41 heavy (non-hydrogen) atoms. The van der Waals surface area contributed by atoms with Gasteiger partial charge in [0.2, 0.25) is 0 Å². The number of phenolic OH excluding ortho intramolecular Hbond substituents is 1. The molecule has 0 aliphatic heterocycles. The quantitative estimate of drug-likeness (QED) is 0.161. The lowest BCUT2D eigenvalue weighted by molar-refractivity contribution is -0.284. The average molecular weight is 625 g/mol. The van der Waals surface area contributed by atoms with Crippen LogP contribution >= 0.6 is 0 Å². The standard InChI is InChI=1S/C32H47F5O3S/c1-30-17-15-26-25-12-11-24(38)21-23(25)20-22(29(26)27(30)13-14-28(30)39)10-7-5-3-2-4-6-8-18-41(40)19-9-16-31(33,34)32(35,36)37/h11-12,21-22,26-29,38-39H,2-10,13-20H2,1H3/t22-,26-,27+,28+,29-,30+,41?/m1/s1/i1D3,13D2,14D2,15D2,17D2,20D2,22D,26D,27D,28D,29D. The van der Waals surface area contributed by atoms with Crippen LogP contribution in [0.25, 0.3) is 0 Å². The van der Waals surface area contributed by atoms with Gasteiger partial charge in [-0.3, -0.25) is 4.21 Å². The number of aromatic hydroxyl groups is 1. The van der Waals surface area contributed by atoms with Crippen molar-refractivity contribution in [1.29, 1.82) is 0 Å². The normalized spacial score (nSPS) is 52.3. The van der Waals surface area contributed by atoms with Gasteiger partial charge in [0.1, 0.15) is 5.75 Å². The molecule has 0 saturated heterocycles. The Morgan fingerprint density at radius 2 is 1.71 bits per heavy atom. The van der Waals surface area contributed by atoms with E-state index in [0.717, 1.165) is 6.07 Å². The Labute approximate surface area is 269 Å². The minimum atomic E-state index is -5.71. The molecule has 0 radical (unpaired) electrons. The number of unbranched alkanes of at least 4 members (excludes halogenated alkanes) is 6. The number of hydrogen-bond donors (Lipinski definition) is 2. The fourth-order valence-electron chi connectivity index (χ4n) is 5.06. The molecule has 9 heteroatoms. The zero-order valence-corrected chi connectivity index (χ0v) is 23.1. The van der Waals surface area contributed by atoms with Gasteiger partial charge in [-0.2, -0.15) is 22.0 Å². The lowest BCUT2D eigenvalue weighted by atomic mass is 9.52. The molecule has 0 aromatic heterocycles. The first-order valence-corrected chi connectivity index (χ1v) is 15.1. The summed E-state index contributed by atoms with van der Waals surface area (Å²) >= 11 is 0. The van der Waals surface area contributed by atoms with E-state index in [9.17, 15) is 47.3 Å². The van der Waals surface area contributed by atoms with Crippen molar-refractivity contribution in [2.45, 2.75) is 127 Å². The van der Waals surface area contributed by atoms with Crippen LogP contribution in [-0.2, 0) is 17.2 Å². The van der Waals surface area contributed by atoms with Crippen molar-refractivity contribution in [1.82, 2.24) is 0 Å². The van der Waals surface area contributed by atoms with E-state index < -0.39 is 133 Å². The monoisotopic (exact) mass is 624 g/mol. The van der Waals surface area contributed by atoms with Gasteiger partial charge in [0.25, 0.3) is 0 Å². The highest BCUT2D eigenvalue weighted by Crippen LogP contribution is 2.62. The SMILES string of the molecule is [2H]C1([2H])C([2H])([2H])[C@]([2H])(O)[C@@]2(C([2H])([2H])[2H])C([2H])([2H])C([2H])([2H])[C@]3([2H])c4ccc(O)cc4C([2H])([2H])[C@@]([2H])(CCCCCCCCCS(=O)CCCC(F)(F)C(F)(F)F)[C@@]3([2H])[C@]12[2H]. The van der Waals surface area contributed by atoms with Gasteiger partial charge in [0, 0.05) is 52.0 Å². The van der Waals surface area contributed by atoms with E-state index >= 15 is 0 Å². The third-order valence-electron chi connectivity index (χ3n) is 7.35. The molecule has 2 saturated carbocycles. The maximum absolute atomic E-state index is 13.1. The number of phenols is 1. The molecule has 234 valence electrons. The fraction of sp³-hybridized carbons (Fsp3) is 0.812. The number of aliphatic hydroxyl groups is 1. The van der Waals surface area contributed by atoms with Crippen LogP contribution in [0.5, 0.6) is 5.75 Å². The maximum Gasteiger partial charge on any atom is 0.453 e. The van der Waals surface area contributed by atoms with Crippen molar-refractivity contribution in [3.63, 3.8) is 0 Å². The Morgan fingerprint density at radius 3 is 2.41 bits per heavy atom. The molecule has 0 amide bonds. The maximum atomic E-state index is 13.1. The molecule has 4 rings (SSSR count). The molecule has 1 unspecified atom stereocenters. The van der Waals surface area contributed by atoms with Crippen LogP contribution in [0.3, 0.4) is 0 Å². The molecule has 3 nitrogen and oxygen atoms in total. The summed E-state index contributed by atoms with van der Waals surface area (Å²) in [4.78, 5) is 0. The lowest BCUT2D eigenvalue weighted by Gasteiger charge is -2.53. The predicted octanol–water partition coefficient (Wildman–Crippen LogP) is 8.68. The zero-order chi connectivity index (χ0) is 45.9. The van der Waals surface area contributed by atoms with E-state index in [1.54, 1.807) is 0 Å². The number of hydrogen-bond acceptors (Lipinski definition) is 3. The van der Waals surface area contributed by atoms with Gasteiger partial charge >= 0.3 is 12.1 Å². The smallest absolute Gasteiger partial charge is 0.453 e. The Morgan fingerprint density at radius 1 is 1.02 bits per heavy atom. The Kier molecular flexibility index (Phi) is 5.37. The van der Waals surface area contributed by atoms with Crippen LogP contribution in [0.1, 0.15) is 138 Å². The minimum Gasteiger partial charge on any atom is -0.508 e. The number of benzene rings is 1. The van der Waals surface area contributed by atoms with Crippen molar-refractivity contribution in [2.75, 3.05) is 11.5 Å². The molecular weight excluding hydrogens is 559 g/mol. The number of halogens is 5. The Balaban J connectivity index is 1.71. The first-order valence-electron chi connectivity index (χ1n) is 22.6. The van der Waals surface area contributed by atoms with E-state index in [0.29, 0.717) is 37.8 Å². The largest absolute Gasteiger partial charge is 0.508 e. The van der Waals surface area contributed by atoms with E-state index in [2.05, 4.69) is 0 Å². The number of alkyl halides is 5. The average Bonchev–Trinajstić information content (AvgIpc) is 3.14. The molecule has 3 aliphatic rings. The summed E-state index contributed by atoms with van der Waals surface area (Å²) in [5.74, 6) is -22.2. The first-order chi connectivity index (χ1) is 26.2. The van der Waals surface area contributed by atoms with Crippen LogP contribution in [0.4, 0.5) is 22.0 Å². The highest BCUT2D eigenvalue weighted by Gasteiger charge is 2.57. The van der Waals surface area contributed by atoms with Gasteiger partial charge in [-0.05, 0) is 103 Å². The third-order valence-corrected chi connectivity index (χ3v) is 8.84. The lowest BCUT2D eigenvalue weighted by Crippen LogP contribution is -2.47. The summed E-state index contributed by atoms with van der Waals surface area (Å²) in [6.07, 6.45) is -32.8. The molecule has 2 N–H and O–H groups in total. The van der Waals surface area contributed by atoms with Crippen LogP contribution in [-0.4, -0.2) is 44.1 Å². The van der Waals surface area contributed by atoms with Crippen molar-refractivity contribution in [2.24, 2.45) is 23.1 Å². The van der Waals surface area contributed by atoms with Crippen molar-refractivity contribution in [3.05, 3.63) is 29.3 Å². The molecule has 1 aromatic rings. The van der Waals surface area contributed by atoms with E-state index in [1.807, 2.05) is 0 Å². The molecule has 3 aliphatic carbocycles. The molecule has 0 heterocycles. The molecule has 2 fully saturated rings. The van der Waals surface area contributed by atoms with Gasteiger partial charge in [0.05, 0.1) is 7.45 Å². The molecule has 0 spiro atoms. The fourth-order valence-corrected chi connectivity index (χ4v) is 6.26. The van der Waals surface area contributed by atoms with Crippen LogP contribution in [0, 0.1) is 23.1 Å². The van der Waals surface area contributed by atoms with E-state index in [1.165, 1.54) is 0 Å². The van der Waals surface area contributed by atoms with Gasteiger partial charge < -0.3 is 10.2 Å². The summed E-state index contributed by atoms with van der Waals surface area (Å²) in [5.41, 5.74) is -6.46. The van der Waals surface area contributed by atoms with Gasteiger partial charge in [-0.15, -0.1) is 0 Å². The van der Waals surface area contributed by atoms with Gasteiger partial charge in [0.15, 0.2) is 0 Å². The van der Waals surface area contributed by atoms with Crippen LogP contribution in [0.2, 0.25) is 0 Å².